The van der Waals surface area contributed by atoms with E-state index < -0.39 is 17.6 Å². The molecule has 0 atom stereocenters. The standard InChI is InChI=1S/C13H17F4N3/c14-11-9-10(13(15,16)17)1-2-12(11)19-5-8-20-6-3-18-4-7-20/h1-2,9,18-19H,3-8H2. The predicted octanol–water partition coefficient (Wildman–Crippen LogP) is 2.16. The SMILES string of the molecule is Fc1cc(C(F)(F)F)ccc1NCCN1CCNCC1. The van der Waals surface area contributed by atoms with E-state index in [4.69, 9.17) is 0 Å². The fourth-order valence-electron chi connectivity index (χ4n) is 2.12. The molecule has 0 unspecified atom stereocenters. The second-order valence-corrected chi connectivity index (χ2v) is 4.71. The van der Waals surface area contributed by atoms with Crippen molar-refractivity contribution in [1.82, 2.24) is 10.2 Å². The molecule has 2 rings (SSSR count). The van der Waals surface area contributed by atoms with E-state index in [-0.39, 0.29) is 5.69 Å². The fourth-order valence-corrected chi connectivity index (χ4v) is 2.12. The Bertz CT molecular complexity index is 442. The van der Waals surface area contributed by atoms with Gasteiger partial charge in [-0.3, -0.25) is 4.90 Å². The summed E-state index contributed by atoms with van der Waals surface area (Å²) in [5.41, 5.74) is -0.865. The highest BCUT2D eigenvalue weighted by atomic mass is 19.4. The Labute approximate surface area is 115 Å². The minimum absolute atomic E-state index is 0.105. The fraction of sp³-hybridized carbons (Fsp3) is 0.538. The maximum absolute atomic E-state index is 13.6. The molecule has 0 aliphatic carbocycles. The lowest BCUT2D eigenvalue weighted by Gasteiger charge is -2.27. The lowest BCUT2D eigenvalue weighted by Crippen LogP contribution is -2.45. The Balaban J connectivity index is 1.86. The predicted molar refractivity (Wildman–Crippen MR) is 69.2 cm³/mol. The highest BCUT2D eigenvalue weighted by Crippen LogP contribution is 2.31. The number of benzene rings is 1. The van der Waals surface area contributed by atoms with E-state index in [0.717, 1.165) is 44.9 Å². The van der Waals surface area contributed by atoms with Crippen LogP contribution in [0.25, 0.3) is 0 Å². The summed E-state index contributed by atoms with van der Waals surface area (Å²) in [6, 6.07) is 2.54. The number of hydrogen-bond donors (Lipinski definition) is 2. The van der Waals surface area contributed by atoms with Gasteiger partial charge in [0.1, 0.15) is 5.82 Å². The second-order valence-electron chi connectivity index (χ2n) is 4.71. The molecule has 7 heteroatoms. The summed E-state index contributed by atoms with van der Waals surface area (Å²) >= 11 is 0. The first kappa shape index (κ1) is 15.1. The van der Waals surface area contributed by atoms with Crippen molar-refractivity contribution in [2.45, 2.75) is 6.18 Å². The van der Waals surface area contributed by atoms with Gasteiger partial charge in [-0.05, 0) is 18.2 Å². The van der Waals surface area contributed by atoms with Crippen LogP contribution >= 0.6 is 0 Å². The van der Waals surface area contributed by atoms with E-state index >= 15 is 0 Å². The molecule has 0 radical (unpaired) electrons. The number of halogens is 4. The number of piperazine rings is 1. The van der Waals surface area contributed by atoms with Crippen molar-refractivity contribution in [3.05, 3.63) is 29.6 Å². The van der Waals surface area contributed by atoms with Crippen molar-refractivity contribution in [2.75, 3.05) is 44.6 Å². The van der Waals surface area contributed by atoms with Gasteiger partial charge < -0.3 is 10.6 Å². The van der Waals surface area contributed by atoms with Gasteiger partial charge in [0.25, 0.3) is 0 Å². The zero-order valence-corrected chi connectivity index (χ0v) is 10.9. The minimum Gasteiger partial charge on any atom is -0.381 e. The molecule has 1 aromatic carbocycles. The molecule has 1 heterocycles. The number of alkyl halides is 3. The van der Waals surface area contributed by atoms with Crippen molar-refractivity contribution in [3.63, 3.8) is 0 Å². The van der Waals surface area contributed by atoms with Crippen LogP contribution in [0, 0.1) is 5.82 Å². The number of rotatable bonds is 4. The Hall–Kier alpha value is -1.34. The van der Waals surface area contributed by atoms with Crippen LogP contribution in [-0.2, 0) is 6.18 Å². The third-order valence-corrected chi connectivity index (χ3v) is 3.25. The topological polar surface area (TPSA) is 27.3 Å². The lowest BCUT2D eigenvalue weighted by molar-refractivity contribution is -0.137. The van der Waals surface area contributed by atoms with Gasteiger partial charge >= 0.3 is 6.18 Å². The molecule has 0 amide bonds. The molecule has 1 aromatic rings. The van der Waals surface area contributed by atoms with Gasteiger partial charge in [0.05, 0.1) is 11.3 Å². The molecule has 3 nitrogen and oxygen atoms in total. The smallest absolute Gasteiger partial charge is 0.381 e. The molecule has 1 aliphatic heterocycles. The van der Waals surface area contributed by atoms with Crippen molar-refractivity contribution >= 4 is 5.69 Å². The van der Waals surface area contributed by atoms with Crippen LogP contribution in [0.5, 0.6) is 0 Å². The van der Waals surface area contributed by atoms with Gasteiger partial charge in [0.15, 0.2) is 0 Å². The van der Waals surface area contributed by atoms with Crippen LogP contribution in [0.4, 0.5) is 23.2 Å². The van der Waals surface area contributed by atoms with Crippen molar-refractivity contribution in [1.29, 1.82) is 0 Å². The van der Waals surface area contributed by atoms with Gasteiger partial charge in [-0.15, -0.1) is 0 Å². The third kappa shape index (κ3) is 4.08. The molecule has 1 fully saturated rings. The molecule has 0 spiro atoms. The van der Waals surface area contributed by atoms with E-state index in [0.29, 0.717) is 12.6 Å². The summed E-state index contributed by atoms with van der Waals surface area (Å²) in [7, 11) is 0. The maximum Gasteiger partial charge on any atom is 0.416 e. The molecule has 2 N–H and O–H groups in total. The van der Waals surface area contributed by atoms with Gasteiger partial charge in [-0.2, -0.15) is 13.2 Å². The van der Waals surface area contributed by atoms with Crippen molar-refractivity contribution in [3.8, 4) is 0 Å². The van der Waals surface area contributed by atoms with Crippen molar-refractivity contribution < 1.29 is 17.6 Å². The van der Waals surface area contributed by atoms with Gasteiger partial charge in [-0.1, -0.05) is 0 Å². The molecule has 1 saturated heterocycles. The molecule has 20 heavy (non-hydrogen) atoms. The Morgan fingerprint density at radius 2 is 1.90 bits per heavy atom. The Morgan fingerprint density at radius 1 is 1.20 bits per heavy atom. The normalized spacial score (nSPS) is 17.2. The summed E-state index contributed by atoms with van der Waals surface area (Å²) in [6.45, 7) is 4.95. The lowest BCUT2D eigenvalue weighted by atomic mass is 10.2. The third-order valence-electron chi connectivity index (χ3n) is 3.25. The second kappa shape index (κ2) is 6.41. The van der Waals surface area contributed by atoms with Crippen molar-refractivity contribution in [2.24, 2.45) is 0 Å². The molecule has 112 valence electrons. The quantitative estimate of drug-likeness (QED) is 0.833. The Kier molecular flexibility index (Phi) is 4.82. The number of nitrogens with zero attached hydrogens (tertiary/aromatic N) is 1. The molecule has 0 aromatic heterocycles. The van der Waals surface area contributed by atoms with Gasteiger partial charge in [0.2, 0.25) is 0 Å². The molecule has 1 aliphatic rings. The molecule has 0 saturated carbocycles. The minimum atomic E-state index is -4.51. The number of nitrogens with one attached hydrogen (secondary N) is 2. The number of hydrogen-bond acceptors (Lipinski definition) is 3. The van der Waals surface area contributed by atoms with E-state index in [1.807, 2.05) is 0 Å². The first-order valence-corrected chi connectivity index (χ1v) is 6.50. The summed E-state index contributed by atoms with van der Waals surface area (Å²) in [5.74, 6) is -0.875. The highest BCUT2D eigenvalue weighted by molar-refractivity contribution is 5.46. The summed E-state index contributed by atoms with van der Waals surface area (Å²) < 4.78 is 50.7. The van der Waals surface area contributed by atoms with Gasteiger partial charge in [-0.25, -0.2) is 4.39 Å². The van der Waals surface area contributed by atoms with E-state index in [1.54, 1.807) is 0 Å². The highest BCUT2D eigenvalue weighted by Gasteiger charge is 2.31. The first-order valence-electron chi connectivity index (χ1n) is 6.50. The summed E-state index contributed by atoms with van der Waals surface area (Å²) in [6.07, 6.45) is -4.51. The van der Waals surface area contributed by atoms with Crippen LogP contribution in [-0.4, -0.2) is 44.2 Å². The summed E-state index contributed by atoms with van der Waals surface area (Å²) in [4.78, 5) is 2.21. The van der Waals surface area contributed by atoms with Crippen LogP contribution in [0.3, 0.4) is 0 Å². The van der Waals surface area contributed by atoms with E-state index in [9.17, 15) is 17.6 Å². The maximum atomic E-state index is 13.6. The van der Waals surface area contributed by atoms with E-state index in [1.165, 1.54) is 0 Å². The number of anilines is 1. The van der Waals surface area contributed by atoms with Crippen LogP contribution in [0.15, 0.2) is 18.2 Å². The average molecular weight is 291 g/mol. The molecule has 0 bridgehead atoms. The first-order chi connectivity index (χ1) is 9.47. The van der Waals surface area contributed by atoms with Crippen LogP contribution < -0.4 is 10.6 Å². The molecular weight excluding hydrogens is 274 g/mol. The van der Waals surface area contributed by atoms with Gasteiger partial charge in [0, 0.05) is 39.3 Å². The monoisotopic (exact) mass is 291 g/mol. The van der Waals surface area contributed by atoms with Crippen LogP contribution in [0.2, 0.25) is 0 Å². The molecular formula is C13H17F4N3. The summed E-state index contributed by atoms with van der Waals surface area (Å²) in [5, 5.41) is 6.06. The zero-order valence-electron chi connectivity index (χ0n) is 10.9. The average Bonchev–Trinajstić information content (AvgIpc) is 2.40. The van der Waals surface area contributed by atoms with E-state index in [2.05, 4.69) is 15.5 Å². The zero-order chi connectivity index (χ0) is 14.6. The largest absolute Gasteiger partial charge is 0.416 e. The van der Waals surface area contributed by atoms with Crippen LogP contribution in [0.1, 0.15) is 5.56 Å². The Morgan fingerprint density at radius 3 is 2.50 bits per heavy atom.